The van der Waals surface area contributed by atoms with Gasteiger partial charge in [0.2, 0.25) is 0 Å². The summed E-state index contributed by atoms with van der Waals surface area (Å²) in [6.07, 6.45) is 3.05. The van der Waals surface area contributed by atoms with Gasteiger partial charge >= 0.3 is 0 Å². The van der Waals surface area contributed by atoms with Gasteiger partial charge in [0.15, 0.2) is 5.78 Å². The third-order valence-corrected chi connectivity index (χ3v) is 2.87. The van der Waals surface area contributed by atoms with E-state index in [1.165, 1.54) is 6.20 Å². The van der Waals surface area contributed by atoms with Gasteiger partial charge in [-0.15, -0.1) is 0 Å². The van der Waals surface area contributed by atoms with Crippen molar-refractivity contribution in [3.05, 3.63) is 59.9 Å². The van der Waals surface area contributed by atoms with Gasteiger partial charge in [-0.3, -0.25) is 9.78 Å². The summed E-state index contributed by atoms with van der Waals surface area (Å²) in [5.74, 6) is -0.466. The predicted octanol–water partition coefficient (Wildman–Crippen LogP) is 1.59. The molecule has 0 saturated heterocycles. The number of anilines is 1. The van der Waals surface area contributed by atoms with E-state index in [9.17, 15) is 4.79 Å². The highest BCUT2D eigenvalue weighted by Gasteiger charge is 2.22. The fourth-order valence-electron chi connectivity index (χ4n) is 1.88. The summed E-state index contributed by atoms with van der Waals surface area (Å²) in [6, 6.07) is 11.1. The van der Waals surface area contributed by atoms with Crippen LogP contribution in [0.2, 0.25) is 0 Å². The van der Waals surface area contributed by atoms with Crippen molar-refractivity contribution in [2.45, 2.75) is 5.92 Å². The van der Waals surface area contributed by atoms with Gasteiger partial charge in [0.05, 0.1) is 11.5 Å². The van der Waals surface area contributed by atoms with Crippen LogP contribution in [-0.4, -0.2) is 17.3 Å². The third-order valence-electron chi connectivity index (χ3n) is 2.87. The molecule has 0 aliphatic rings. The van der Waals surface area contributed by atoms with E-state index in [4.69, 9.17) is 11.5 Å². The second kappa shape index (κ2) is 5.42. The minimum absolute atomic E-state index is 0.0886. The van der Waals surface area contributed by atoms with Crippen molar-refractivity contribution in [3.63, 3.8) is 0 Å². The largest absolute Gasteiger partial charge is 0.398 e. The third kappa shape index (κ3) is 2.38. The van der Waals surface area contributed by atoms with Crippen molar-refractivity contribution >= 4 is 11.5 Å². The molecule has 0 spiro atoms. The number of hydrogen-bond acceptors (Lipinski definition) is 4. The quantitative estimate of drug-likeness (QED) is 0.796. The molecule has 0 radical (unpaired) electrons. The minimum atomic E-state index is -0.377. The number of ketones is 1. The first-order valence-electron chi connectivity index (χ1n) is 5.72. The van der Waals surface area contributed by atoms with Crippen LogP contribution in [0, 0.1) is 0 Å². The molecule has 4 N–H and O–H groups in total. The zero-order valence-electron chi connectivity index (χ0n) is 9.91. The maximum absolute atomic E-state index is 12.4. The van der Waals surface area contributed by atoms with E-state index in [-0.39, 0.29) is 18.2 Å². The van der Waals surface area contributed by atoms with E-state index >= 15 is 0 Å². The first kappa shape index (κ1) is 12.3. The highest BCUT2D eigenvalue weighted by molar-refractivity contribution is 6.04. The Morgan fingerprint density at radius 1 is 1.22 bits per heavy atom. The van der Waals surface area contributed by atoms with Crippen molar-refractivity contribution in [3.8, 4) is 0 Å². The monoisotopic (exact) mass is 241 g/mol. The van der Waals surface area contributed by atoms with Crippen molar-refractivity contribution in [1.29, 1.82) is 0 Å². The van der Waals surface area contributed by atoms with E-state index in [1.807, 2.05) is 30.3 Å². The molecule has 1 unspecified atom stereocenters. The number of pyridine rings is 1. The highest BCUT2D eigenvalue weighted by Crippen LogP contribution is 2.22. The summed E-state index contributed by atoms with van der Waals surface area (Å²) in [4.78, 5) is 16.3. The number of aromatic nitrogens is 1. The van der Waals surface area contributed by atoms with E-state index in [1.54, 1.807) is 12.3 Å². The van der Waals surface area contributed by atoms with E-state index in [2.05, 4.69) is 4.98 Å². The first-order valence-corrected chi connectivity index (χ1v) is 5.72. The number of hydrogen-bond donors (Lipinski definition) is 2. The average molecular weight is 241 g/mol. The van der Waals surface area contributed by atoms with E-state index < -0.39 is 0 Å². The van der Waals surface area contributed by atoms with Crippen LogP contribution in [0.15, 0.2) is 48.8 Å². The minimum Gasteiger partial charge on any atom is -0.398 e. The van der Waals surface area contributed by atoms with Crippen LogP contribution in [0.25, 0.3) is 0 Å². The topological polar surface area (TPSA) is 82.0 Å². The Kier molecular flexibility index (Phi) is 3.69. The summed E-state index contributed by atoms with van der Waals surface area (Å²) < 4.78 is 0. The molecule has 4 nitrogen and oxygen atoms in total. The smallest absolute Gasteiger partial charge is 0.175 e. The fourth-order valence-corrected chi connectivity index (χ4v) is 1.88. The molecule has 1 aromatic heterocycles. The maximum atomic E-state index is 12.4. The molecule has 0 saturated carbocycles. The summed E-state index contributed by atoms with van der Waals surface area (Å²) in [5, 5.41) is 0. The Hall–Kier alpha value is -2.20. The van der Waals surface area contributed by atoms with Crippen LogP contribution in [0.5, 0.6) is 0 Å². The van der Waals surface area contributed by atoms with Crippen LogP contribution in [0.1, 0.15) is 21.8 Å². The van der Waals surface area contributed by atoms with Crippen molar-refractivity contribution < 1.29 is 4.79 Å². The zero-order valence-corrected chi connectivity index (χ0v) is 9.91. The lowest BCUT2D eigenvalue weighted by molar-refractivity contribution is 0.0963. The van der Waals surface area contributed by atoms with Crippen molar-refractivity contribution in [1.82, 2.24) is 4.98 Å². The second-order valence-electron chi connectivity index (χ2n) is 4.03. The summed E-state index contributed by atoms with van der Waals surface area (Å²) >= 11 is 0. The molecule has 18 heavy (non-hydrogen) atoms. The van der Waals surface area contributed by atoms with Gasteiger partial charge in [-0.05, 0) is 11.6 Å². The molecule has 0 bridgehead atoms. The number of nitrogen functional groups attached to an aromatic ring is 1. The first-order chi connectivity index (χ1) is 8.74. The summed E-state index contributed by atoms with van der Waals surface area (Å²) in [7, 11) is 0. The standard InChI is InChI=1S/C14H15N3O/c15-8-11(10-4-2-1-3-5-10)14(18)12-9-17-7-6-13(12)16/h1-7,9,11H,8,15H2,(H2,16,17). The van der Waals surface area contributed by atoms with Gasteiger partial charge in [0.1, 0.15) is 0 Å². The van der Waals surface area contributed by atoms with Crippen LogP contribution < -0.4 is 11.5 Å². The number of benzene rings is 1. The number of rotatable bonds is 4. The molecule has 1 heterocycles. The molecule has 4 heteroatoms. The zero-order chi connectivity index (χ0) is 13.0. The Morgan fingerprint density at radius 3 is 2.56 bits per heavy atom. The Balaban J connectivity index is 2.35. The average Bonchev–Trinajstić information content (AvgIpc) is 2.41. The molecule has 1 aromatic carbocycles. The summed E-state index contributed by atoms with van der Waals surface area (Å²) in [6.45, 7) is 0.247. The van der Waals surface area contributed by atoms with Gasteiger partial charge in [0.25, 0.3) is 0 Å². The molecule has 92 valence electrons. The lowest BCUT2D eigenvalue weighted by atomic mass is 9.91. The Morgan fingerprint density at radius 2 is 1.94 bits per heavy atom. The van der Waals surface area contributed by atoms with Crippen LogP contribution in [-0.2, 0) is 0 Å². The Bertz CT molecular complexity index is 540. The van der Waals surface area contributed by atoms with Gasteiger partial charge in [-0.25, -0.2) is 0 Å². The number of carbonyl (C=O) groups is 1. The molecule has 0 aliphatic carbocycles. The number of Topliss-reactive ketones (excluding diaryl/α,β-unsaturated/α-hetero) is 1. The molecule has 0 fully saturated rings. The van der Waals surface area contributed by atoms with Crippen molar-refractivity contribution in [2.24, 2.45) is 5.73 Å². The van der Waals surface area contributed by atoms with E-state index in [0.717, 1.165) is 5.56 Å². The molecule has 2 aromatic rings. The van der Waals surface area contributed by atoms with Gasteiger partial charge in [-0.2, -0.15) is 0 Å². The normalized spacial score (nSPS) is 12.1. The molecule has 0 aliphatic heterocycles. The lowest BCUT2D eigenvalue weighted by Crippen LogP contribution is -2.22. The van der Waals surface area contributed by atoms with E-state index in [0.29, 0.717) is 11.3 Å². The number of nitrogens with zero attached hydrogens (tertiary/aromatic N) is 1. The lowest BCUT2D eigenvalue weighted by Gasteiger charge is -2.14. The van der Waals surface area contributed by atoms with Gasteiger partial charge in [-0.1, -0.05) is 30.3 Å². The SMILES string of the molecule is NCC(C(=O)c1cnccc1N)c1ccccc1. The van der Waals surface area contributed by atoms with Crippen LogP contribution in [0.3, 0.4) is 0 Å². The maximum Gasteiger partial charge on any atom is 0.175 e. The van der Waals surface area contributed by atoms with Gasteiger partial charge in [0, 0.05) is 24.6 Å². The van der Waals surface area contributed by atoms with Crippen LogP contribution >= 0.6 is 0 Å². The molecular formula is C14H15N3O. The molecular weight excluding hydrogens is 226 g/mol. The predicted molar refractivity (Wildman–Crippen MR) is 71.2 cm³/mol. The fraction of sp³-hybridized carbons (Fsp3) is 0.143. The molecule has 1 atom stereocenters. The molecule has 2 rings (SSSR count). The number of nitrogens with two attached hydrogens (primary N) is 2. The Labute approximate surface area is 106 Å². The van der Waals surface area contributed by atoms with Gasteiger partial charge < -0.3 is 11.5 Å². The van der Waals surface area contributed by atoms with Crippen molar-refractivity contribution in [2.75, 3.05) is 12.3 Å². The highest BCUT2D eigenvalue weighted by atomic mass is 16.1. The second-order valence-corrected chi connectivity index (χ2v) is 4.03. The summed E-state index contributed by atoms with van der Waals surface area (Å²) in [5.41, 5.74) is 13.3. The number of carbonyl (C=O) groups excluding carboxylic acids is 1. The van der Waals surface area contributed by atoms with Crippen LogP contribution in [0.4, 0.5) is 5.69 Å². The molecule has 0 amide bonds.